The molecule has 6 nitrogen and oxygen atoms in total. The number of benzene rings is 1. The summed E-state index contributed by atoms with van der Waals surface area (Å²) in [5.74, 6) is 0. The van der Waals surface area contributed by atoms with E-state index in [1.54, 1.807) is 6.20 Å². The summed E-state index contributed by atoms with van der Waals surface area (Å²) >= 11 is 0. The molecule has 0 saturated carbocycles. The molecule has 3 heterocycles. The maximum atomic E-state index is 9.42. The number of hydrogen-bond acceptors (Lipinski definition) is 6. The zero-order chi connectivity index (χ0) is 19.7. The van der Waals surface area contributed by atoms with Crippen molar-refractivity contribution in [1.29, 1.82) is 5.26 Å². The van der Waals surface area contributed by atoms with E-state index in [0.29, 0.717) is 17.6 Å². The van der Waals surface area contributed by atoms with Gasteiger partial charge in [0.2, 0.25) is 0 Å². The van der Waals surface area contributed by atoms with Gasteiger partial charge in [-0.25, -0.2) is 0 Å². The number of ether oxygens (including phenoxy) is 1. The lowest BCUT2D eigenvalue weighted by atomic mass is 10.0. The first-order valence-corrected chi connectivity index (χ1v) is 10.2. The second-order valence-electron chi connectivity index (χ2n) is 8.10. The van der Waals surface area contributed by atoms with Gasteiger partial charge in [-0.3, -0.25) is 9.88 Å². The van der Waals surface area contributed by atoms with Crippen molar-refractivity contribution in [2.24, 2.45) is 0 Å². The van der Waals surface area contributed by atoms with Crippen LogP contribution < -0.4 is 10.2 Å². The summed E-state index contributed by atoms with van der Waals surface area (Å²) in [6, 6.07) is 11.2. The summed E-state index contributed by atoms with van der Waals surface area (Å²) < 4.78 is 6.31. The lowest BCUT2D eigenvalue weighted by Gasteiger charge is -2.44. The largest absolute Gasteiger partial charge is 0.370 e. The Morgan fingerprint density at radius 2 is 2.11 bits per heavy atom. The molecule has 2 aromatic rings. The minimum absolute atomic E-state index is 0.164. The predicted molar refractivity (Wildman–Crippen MR) is 112 cm³/mol. The molecule has 2 fully saturated rings. The number of nitrogens with zero attached hydrogens (tertiary/aromatic N) is 4. The number of nitriles is 1. The minimum Gasteiger partial charge on any atom is -0.370 e. The van der Waals surface area contributed by atoms with E-state index in [0.717, 1.165) is 49.3 Å². The third-order valence-electron chi connectivity index (χ3n) is 6.14. The number of pyridine rings is 1. The number of piperazine rings is 1. The molecular formula is C22H29N5O. The number of hydrogen-bond donors (Lipinski definition) is 1. The van der Waals surface area contributed by atoms with Crippen molar-refractivity contribution in [3.63, 3.8) is 0 Å². The van der Waals surface area contributed by atoms with Gasteiger partial charge in [0.15, 0.2) is 0 Å². The number of morpholine rings is 1. The van der Waals surface area contributed by atoms with Crippen molar-refractivity contribution in [3.8, 4) is 6.07 Å². The van der Waals surface area contributed by atoms with E-state index in [1.165, 1.54) is 0 Å². The zero-order valence-electron chi connectivity index (χ0n) is 16.9. The minimum atomic E-state index is 0.164. The van der Waals surface area contributed by atoms with Crippen LogP contribution in [0.5, 0.6) is 0 Å². The molecular weight excluding hydrogens is 350 g/mol. The average Bonchev–Trinajstić information content (AvgIpc) is 2.70. The smallest absolute Gasteiger partial charge is 0.101 e. The van der Waals surface area contributed by atoms with E-state index in [1.807, 2.05) is 12.1 Å². The first kappa shape index (κ1) is 19.1. The van der Waals surface area contributed by atoms with Crippen molar-refractivity contribution in [2.75, 3.05) is 37.6 Å². The van der Waals surface area contributed by atoms with Crippen molar-refractivity contribution in [2.45, 2.75) is 45.1 Å². The molecule has 148 valence electrons. The highest BCUT2D eigenvalue weighted by Crippen LogP contribution is 2.30. The molecule has 2 aliphatic rings. The van der Waals surface area contributed by atoms with Crippen LogP contribution in [0.25, 0.3) is 10.9 Å². The van der Waals surface area contributed by atoms with E-state index in [4.69, 9.17) is 4.74 Å². The highest BCUT2D eigenvalue weighted by atomic mass is 16.5. The van der Waals surface area contributed by atoms with Gasteiger partial charge in [0, 0.05) is 62.1 Å². The maximum Gasteiger partial charge on any atom is 0.101 e. The van der Waals surface area contributed by atoms with Crippen molar-refractivity contribution >= 4 is 16.6 Å². The fourth-order valence-electron chi connectivity index (χ4n) is 4.51. The molecule has 0 bridgehead atoms. The standard InChI is InChI=1S/C22H29N5O/c1-15-12-27(14-19(28-15)13-26-10-9-24-16(2)17(26)3)21-7-6-18(11-23)22-20(21)5-4-8-25-22/h4-8,15-17,19,24H,9-10,12-14H2,1-3H3/t15-,16?,17?,19-/m1/s1. The Kier molecular flexibility index (Phi) is 5.49. The fraction of sp³-hybridized carbons (Fsp3) is 0.545. The Morgan fingerprint density at radius 3 is 2.93 bits per heavy atom. The Bertz CT molecular complexity index is 879. The Morgan fingerprint density at radius 1 is 1.25 bits per heavy atom. The average molecular weight is 380 g/mol. The van der Waals surface area contributed by atoms with Crippen LogP contribution in [0.15, 0.2) is 30.5 Å². The van der Waals surface area contributed by atoms with Gasteiger partial charge >= 0.3 is 0 Å². The van der Waals surface area contributed by atoms with Crippen LogP contribution >= 0.6 is 0 Å². The third-order valence-corrected chi connectivity index (χ3v) is 6.14. The first-order chi connectivity index (χ1) is 13.6. The topological polar surface area (TPSA) is 64.4 Å². The van der Waals surface area contributed by atoms with E-state index in [9.17, 15) is 5.26 Å². The van der Waals surface area contributed by atoms with E-state index < -0.39 is 0 Å². The maximum absolute atomic E-state index is 9.42. The number of rotatable bonds is 3. The molecule has 0 radical (unpaired) electrons. The summed E-state index contributed by atoms with van der Waals surface area (Å²) in [5.41, 5.74) is 2.55. The van der Waals surface area contributed by atoms with Gasteiger partial charge in [0.05, 0.1) is 23.3 Å². The quantitative estimate of drug-likeness (QED) is 0.883. The number of anilines is 1. The number of nitrogens with one attached hydrogen (secondary N) is 1. The molecule has 0 aliphatic carbocycles. The zero-order valence-corrected chi connectivity index (χ0v) is 16.9. The molecule has 0 amide bonds. The second kappa shape index (κ2) is 8.04. The van der Waals surface area contributed by atoms with E-state index >= 15 is 0 Å². The molecule has 1 N–H and O–H groups in total. The predicted octanol–water partition coefficient (Wildman–Crippen LogP) is 2.38. The molecule has 4 rings (SSSR count). The van der Waals surface area contributed by atoms with Crippen molar-refractivity contribution in [1.82, 2.24) is 15.2 Å². The van der Waals surface area contributed by atoms with E-state index in [-0.39, 0.29) is 12.2 Å². The van der Waals surface area contributed by atoms with Crippen molar-refractivity contribution < 1.29 is 4.74 Å². The SMILES string of the molecule is CC1NCCN(C[C@@H]2CN(c3ccc(C#N)c4ncccc34)C[C@@H](C)O2)C1C. The molecule has 2 aliphatic heterocycles. The summed E-state index contributed by atoms with van der Waals surface area (Å²) in [7, 11) is 0. The van der Waals surface area contributed by atoms with Crippen LogP contribution in [-0.2, 0) is 4.74 Å². The summed E-state index contributed by atoms with van der Waals surface area (Å²) in [4.78, 5) is 9.41. The normalized spacial score (nSPS) is 29.0. The first-order valence-electron chi connectivity index (χ1n) is 10.2. The Balaban J connectivity index is 1.57. The monoisotopic (exact) mass is 379 g/mol. The number of aromatic nitrogens is 1. The molecule has 6 heteroatoms. The molecule has 2 unspecified atom stereocenters. The molecule has 2 saturated heterocycles. The van der Waals surface area contributed by atoms with Gasteiger partial charge in [-0.15, -0.1) is 0 Å². The van der Waals surface area contributed by atoms with E-state index in [2.05, 4.69) is 59.1 Å². The van der Waals surface area contributed by atoms with Crippen LogP contribution in [0.2, 0.25) is 0 Å². The molecule has 1 aromatic heterocycles. The summed E-state index contributed by atoms with van der Waals surface area (Å²) in [6.45, 7) is 11.4. The van der Waals surface area contributed by atoms with Gasteiger partial charge in [0.25, 0.3) is 0 Å². The Hall–Kier alpha value is -2.20. The molecule has 4 atom stereocenters. The lowest BCUT2D eigenvalue weighted by molar-refractivity contribution is -0.0422. The highest BCUT2D eigenvalue weighted by Gasteiger charge is 2.31. The van der Waals surface area contributed by atoms with Gasteiger partial charge in [-0.2, -0.15) is 5.26 Å². The summed E-state index contributed by atoms with van der Waals surface area (Å²) in [5, 5.41) is 14.0. The second-order valence-corrected chi connectivity index (χ2v) is 8.10. The molecule has 1 aromatic carbocycles. The van der Waals surface area contributed by atoms with Gasteiger partial charge in [0.1, 0.15) is 6.07 Å². The van der Waals surface area contributed by atoms with Crippen LogP contribution in [0.3, 0.4) is 0 Å². The molecule has 0 spiro atoms. The third kappa shape index (κ3) is 3.70. The highest BCUT2D eigenvalue weighted by molar-refractivity contribution is 5.95. The van der Waals surface area contributed by atoms with Crippen molar-refractivity contribution in [3.05, 3.63) is 36.0 Å². The van der Waals surface area contributed by atoms with Crippen LogP contribution in [-0.4, -0.2) is 66.9 Å². The van der Waals surface area contributed by atoms with Gasteiger partial charge in [-0.05, 0) is 45.0 Å². The Labute approximate surface area is 167 Å². The van der Waals surface area contributed by atoms with Crippen LogP contribution in [0, 0.1) is 11.3 Å². The lowest BCUT2D eigenvalue weighted by Crippen LogP contribution is -2.59. The van der Waals surface area contributed by atoms with Crippen LogP contribution in [0.1, 0.15) is 26.3 Å². The molecule has 28 heavy (non-hydrogen) atoms. The summed E-state index contributed by atoms with van der Waals surface area (Å²) in [6.07, 6.45) is 2.08. The fourth-order valence-corrected chi connectivity index (χ4v) is 4.51. The van der Waals surface area contributed by atoms with Crippen LogP contribution in [0.4, 0.5) is 5.69 Å². The van der Waals surface area contributed by atoms with Gasteiger partial charge < -0.3 is 15.0 Å². The van der Waals surface area contributed by atoms with Gasteiger partial charge in [-0.1, -0.05) is 0 Å². The number of fused-ring (bicyclic) bond motifs is 1.